The van der Waals surface area contributed by atoms with Crippen molar-refractivity contribution in [3.63, 3.8) is 0 Å². The summed E-state index contributed by atoms with van der Waals surface area (Å²) >= 11 is 1.27. The van der Waals surface area contributed by atoms with Crippen molar-refractivity contribution in [2.75, 3.05) is 26.8 Å². The molecule has 1 saturated heterocycles. The highest BCUT2D eigenvalue weighted by Gasteiger charge is 2.31. The molecule has 2 amide bonds. The third kappa shape index (κ3) is 4.15. The first-order chi connectivity index (χ1) is 14.6. The molecule has 0 bridgehead atoms. The summed E-state index contributed by atoms with van der Waals surface area (Å²) in [6, 6.07) is 11.5. The second-order valence-corrected chi connectivity index (χ2v) is 8.11. The van der Waals surface area contributed by atoms with Crippen molar-refractivity contribution in [2.45, 2.75) is 18.9 Å². The number of nitrogens with zero attached hydrogens (tertiary/aromatic N) is 2. The van der Waals surface area contributed by atoms with Crippen LogP contribution in [0.15, 0.2) is 42.6 Å². The second kappa shape index (κ2) is 8.81. The summed E-state index contributed by atoms with van der Waals surface area (Å²) in [6.45, 7) is 1.33. The number of carbonyl (C=O) groups excluding carboxylic acids is 2. The molecular formula is C22H23N3O4S. The highest BCUT2D eigenvalue weighted by atomic mass is 32.1. The van der Waals surface area contributed by atoms with Crippen LogP contribution in [0, 0.1) is 0 Å². The summed E-state index contributed by atoms with van der Waals surface area (Å²) in [5.74, 6) is 0.362. The Morgan fingerprint density at radius 1 is 1.30 bits per heavy atom. The molecule has 4 rings (SSSR count). The predicted octanol–water partition coefficient (Wildman–Crippen LogP) is 2.94. The van der Waals surface area contributed by atoms with Crippen LogP contribution in [-0.2, 0) is 16.0 Å². The lowest BCUT2D eigenvalue weighted by molar-refractivity contribution is -0.138. The lowest BCUT2D eigenvalue weighted by Crippen LogP contribution is -2.42. The summed E-state index contributed by atoms with van der Waals surface area (Å²) in [6.07, 6.45) is 2.35. The molecule has 3 aromatic rings. The van der Waals surface area contributed by atoms with Crippen LogP contribution in [0.5, 0.6) is 5.75 Å². The summed E-state index contributed by atoms with van der Waals surface area (Å²) in [7, 11) is 1.63. The summed E-state index contributed by atoms with van der Waals surface area (Å²) < 4.78 is 11.1. The normalized spacial score (nSPS) is 16.6. The van der Waals surface area contributed by atoms with Gasteiger partial charge < -0.3 is 20.1 Å². The first kappa shape index (κ1) is 20.3. The van der Waals surface area contributed by atoms with E-state index >= 15 is 0 Å². The monoisotopic (exact) mass is 425 g/mol. The molecule has 1 atom stereocenters. The highest BCUT2D eigenvalue weighted by molar-refractivity contribution is 7.20. The van der Waals surface area contributed by atoms with Crippen molar-refractivity contribution in [1.29, 1.82) is 0 Å². The van der Waals surface area contributed by atoms with Gasteiger partial charge in [0.1, 0.15) is 21.6 Å². The smallest absolute Gasteiger partial charge is 0.259 e. The van der Waals surface area contributed by atoms with Gasteiger partial charge in [0.2, 0.25) is 5.91 Å². The Morgan fingerprint density at radius 3 is 2.83 bits per heavy atom. The summed E-state index contributed by atoms with van der Waals surface area (Å²) in [5, 5.41) is 0.855. The number of carbonyl (C=O) groups is 2. The molecule has 1 aliphatic heterocycles. The maximum absolute atomic E-state index is 12.8. The van der Waals surface area contributed by atoms with E-state index in [0.717, 1.165) is 27.1 Å². The molecule has 0 unspecified atom stereocenters. The van der Waals surface area contributed by atoms with Crippen molar-refractivity contribution in [2.24, 2.45) is 5.73 Å². The van der Waals surface area contributed by atoms with Crippen molar-refractivity contribution in [3.05, 3.63) is 58.6 Å². The quantitative estimate of drug-likeness (QED) is 0.655. The van der Waals surface area contributed by atoms with Gasteiger partial charge in [0.25, 0.3) is 5.91 Å². The molecule has 2 aromatic heterocycles. The van der Waals surface area contributed by atoms with E-state index in [1.165, 1.54) is 11.3 Å². The van der Waals surface area contributed by atoms with Crippen LogP contribution in [0.25, 0.3) is 10.2 Å². The number of methoxy groups -OCH3 is 1. The third-order valence-corrected chi connectivity index (χ3v) is 6.40. The number of amides is 2. The minimum Gasteiger partial charge on any atom is -0.497 e. The maximum atomic E-state index is 12.8. The average molecular weight is 426 g/mol. The van der Waals surface area contributed by atoms with Gasteiger partial charge in [0.05, 0.1) is 20.3 Å². The molecule has 8 heteroatoms. The number of ether oxygens (including phenoxy) is 2. The van der Waals surface area contributed by atoms with Crippen LogP contribution in [0.1, 0.15) is 33.3 Å². The minimum absolute atomic E-state index is 0.0670. The van der Waals surface area contributed by atoms with Gasteiger partial charge in [-0.05, 0) is 30.2 Å². The van der Waals surface area contributed by atoms with Gasteiger partial charge in [-0.15, -0.1) is 11.3 Å². The number of morpholine rings is 1. The van der Waals surface area contributed by atoms with E-state index in [4.69, 9.17) is 15.2 Å². The van der Waals surface area contributed by atoms with Crippen molar-refractivity contribution >= 4 is 33.4 Å². The van der Waals surface area contributed by atoms with Gasteiger partial charge >= 0.3 is 0 Å². The van der Waals surface area contributed by atoms with Gasteiger partial charge in [-0.2, -0.15) is 0 Å². The molecule has 156 valence electrons. The number of primary amides is 1. The molecule has 2 N–H and O–H groups in total. The number of thiophene rings is 1. The van der Waals surface area contributed by atoms with Crippen molar-refractivity contribution in [1.82, 2.24) is 9.88 Å². The molecule has 1 fully saturated rings. The van der Waals surface area contributed by atoms with Crippen LogP contribution < -0.4 is 10.5 Å². The Balaban J connectivity index is 1.48. The third-order valence-electron chi connectivity index (χ3n) is 5.26. The number of nitrogens with two attached hydrogens (primary N) is 1. The summed E-state index contributed by atoms with van der Waals surface area (Å²) in [4.78, 5) is 32.2. The number of aromatic nitrogens is 1. The molecule has 3 heterocycles. The fourth-order valence-electron chi connectivity index (χ4n) is 3.71. The zero-order valence-corrected chi connectivity index (χ0v) is 17.5. The van der Waals surface area contributed by atoms with Crippen LogP contribution in [-0.4, -0.2) is 48.5 Å². The minimum atomic E-state index is -0.500. The van der Waals surface area contributed by atoms with Crippen molar-refractivity contribution < 1.29 is 19.1 Å². The number of hydrogen-bond donors (Lipinski definition) is 1. The molecule has 1 aliphatic rings. The molecular weight excluding hydrogens is 402 g/mol. The molecule has 1 aromatic carbocycles. The molecule has 0 spiro atoms. The largest absolute Gasteiger partial charge is 0.497 e. The Hall–Kier alpha value is -2.97. The van der Waals surface area contributed by atoms with E-state index in [1.54, 1.807) is 13.3 Å². The Kier molecular flexibility index (Phi) is 5.96. The zero-order chi connectivity index (χ0) is 21.1. The molecule has 0 saturated carbocycles. The predicted molar refractivity (Wildman–Crippen MR) is 115 cm³/mol. The summed E-state index contributed by atoms with van der Waals surface area (Å²) in [5.41, 5.74) is 7.43. The Bertz CT molecular complexity index is 1060. The number of benzene rings is 1. The highest BCUT2D eigenvalue weighted by Crippen LogP contribution is 2.37. The number of aryl methyl sites for hydroxylation is 1. The molecule has 7 nitrogen and oxygen atoms in total. The van der Waals surface area contributed by atoms with E-state index in [9.17, 15) is 9.59 Å². The Labute approximate surface area is 178 Å². The lowest BCUT2D eigenvalue weighted by atomic mass is 10.0. The zero-order valence-electron chi connectivity index (χ0n) is 16.7. The van der Waals surface area contributed by atoms with Gasteiger partial charge in [0, 0.05) is 30.1 Å². The van der Waals surface area contributed by atoms with E-state index < -0.39 is 12.0 Å². The van der Waals surface area contributed by atoms with Gasteiger partial charge in [-0.25, -0.2) is 4.98 Å². The van der Waals surface area contributed by atoms with Crippen molar-refractivity contribution in [3.8, 4) is 5.75 Å². The molecule has 0 radical (unpaired) electrons. The fraction of sp³-hybridized carbons (Fsp3) is 0.318. The lowest BCUT2D eigenvalue weighted by Gasteiger charge is -2.33. The van der Waals surface area contributed by atoms with E-state index in [1.807, 2.05) is 41.3 Å². The van der Waals surface area contributed by atoms with Crippen LogP contribution in [0.2, 0.25) is 0 Å². The number of rotatable bonds is 6. The van der Waals surface area contributed by atoms with E-state index in [2.05, 4.69) is 4.98 Å². The van der Waals surface area contributed by atoms with Crippen LogP contribution in [0.4, 0.5) is 0 Å². The van der Waals surface area contributed by atoms with E-state index in [0.29, 0.717) is 37.4 Å². The molecule has 30 heavy (non-hydrogen) atoms. The Morgan fingerprint density at radius 2 is 2.10 bits per heavy atom. The topological polar surface area (TPSA) is 94.7 Å². The van der Waals surface area contributed by atoms with Gasteiger partial charge in [-0.1, -0.05) is 18.2 Å². The van der Waals surface area contributed by atoms with Gasteiger partial charge in [0.15, 0.2) is 0 Å². The average Bonchev–Trinajstić information content (AvgIpc) is 3.18. The number of pyridine rings is 1. The van der Waals surface area contributed by atoms with E-state index in [-0.39, 0.29) is 5.91 Å². The SMILES string of the molecule is COc1ccc(CCC(=O)N2CCO[C@@H](c3c(C(N)=O)sc4ncccc34)C2)cc1. The molecule has 0 aliphatic carbocycles. The van der Waals surface area contributed by atoms with Crippen LogP contribution in [0.3, 0.4) is 0 Å². The fourth-order valence-corrected chi connectivity index (χ4v) is 4.75. The first-order valence-electron chi connectivity index (χ1n) is 9.76. The van der Waals surface area contributed by atoms with Crippen LogP contribution >= 0.6 is 11.3 Å². The number of fused-ring (bicyclic) bond motifs is 1. The standard InChI is InChI=1S/C22H23N3O4S/c1-28-15-7-4-14(5-8-15)6-9-18(26)25-11-12-29-17(13-25)19-16-3-2-10-24-22(16)30-20(19)21(23)27/h2-5,7-8,10,17H,6,9,11-13H2,1H3,(H2,23,27)/t17-/m1/s1. The maximum Gasteiger partial charge on any atom is 0.259 e. The second-order valence-electron chi connectivity index (χ2n) is 7.11. The number of hydrogen-bond acceptors (Lipinski definition) is 6. The first-order valence-corrected chi connectivity index (χ1v) is 10.6. The van der Waals surface area contributed by atoms with Gasteiger partial charge in [-0.3, -0.25) is 9.59 Å².